The van der Waals surface area contributed by atoms with Crippen LogP contribution in [-0.4, -0.2) is 6.61 Å². The van der Waals surface area contributed by atoms with Crippen LogP contribution in [0.2, 0.25) is 0 Å². The molecule has 0 aliphatic carbocycles. The quantitative estimate of drug-likeness (QED) is 0.599. The van der Waals surface area contributed by atoms with E-state index in [9.17, 15) is 0 Å². The number of epoxide rings is 1. The fraction of sp³-hybridized carbons (Fsp3) is 0.500. The summed E-state index contributed by atoms with van der Waals surface area (Å²) in [6, 6.07) is 4.51. The lowest BCUT2D eigenvalue weighted by molar-refractivity contribution is 0.328. The first kappa shape index (κ1) is 8.76. The number of benzene rings is 1. The smallest absolute Gasteiger partial charge is 0.114 e. The molecule has 0 saturated carbocycles. The van der Waals surface area contributed by atoms with Crippen molar-refractivity contribution >= 4 is 0 Å². The van der Waals surface area contributed by atoms with Crippen molar-refractivity contribution < 1.29 is 4.74 Å². The lowest BCUT2D eigenvalue weighted by Crippen LogP contribution is -2.05. The van der Waals surface area contributed by atoms with Gasteiger partial charge < -0.3 is 4.74 Å². The van der Waals surface area contributed by atoms with Crippen LogP contribution in [0.25, 0.3) is 0 Å². The van der Waals surface area contributed by atoms with Gasteiger partial charge in [0, 0.05) is 0 Å². The van der Waals surface area contributed by atoms with Crippen LogP contribution in [0.4, 0.5) is 0 Å². The maximum absolute atomic E-state index is 5.46. The zero-order chi connectivity index (χ0) is 9.64. The van der Waals surface area contributed by atoms with E-state index in [1.165, 1.54) is 22.3 Å². The molecule has 1 aliphatic heterocycles. The van der Waals surface area contributed by atoms with Gasteiger partial charge in [0.1, 0.15) is 5.60 Å². The van der Waals surface area contributed by atoms with Crippen LogP contribution in [0, 0.1) is 20.8 Å². The van der Waals surface area contributed by atoms with Crippen molar-refractivity contribution in [3.8, 4) is 0 Å². The van der Waals surface area contributed by atoms with Crippen molar-refractivity contribution in [2.24, 2.45) is 0 Å². The van der Waals surface area contributed by atoms with E-state index in [4.69, 9.17) is 4.74 Å². The zero-order valence-corrected chi connectivity index (χ0v) is 8.77. The summed E-state index contributed by atoms with van der Waals surface area (Å²) in [6.07, 6.45) is 0. The standard InChI is InChI=1S/C12H16O/c1-8-5-10(3)11(6-9(8)2)12(4)7-13-12/h5-6H,7H2,1-4H3. The van der Waals surface area contributed by atoms with Gasteiger partial charge in [0.05, 0.1) is 6.61 Å². The van der Waals surface area contributed by atoms with Gasteiger partial charge in [0.25, 0.3) is 0 Å². The van der Waals surface area contributed by atoms with E-state index >= 15 is 0 Å². The third kappa shape index (κ3) is 1.37. The lowest BCUT2D eigenvalue weighted by atomic mass is 9.93. The number of hydrogen-bond donors (Lipinski definition) is 0. The Bertz CT molecular complexity index is 348. The minimum Gasteiger partial charge on any atom is -0.365 e. The maximum atomic E-state index is 5.46. The van der Waals surface area contributed by atoms with E-state index in [0.717, 1.165) is 6.61 Å². The summed E-state index contributed by atoms with van der Waals surface area (Å²) < 4.78 is 5.46. The van der Waals surface area contributed by atoms with Gasteiger partial charge in [-0.15, -0.1) is 0 Å². The molecular formula is C12H16O. The SMILES string of the molecule is Cc1cc(C)c(C2(C)CO2)cc1C. The van der Waals surface area contributed by atoms with E-state index < -0.39 is 0 Å². The van der Waals surface area contributed by atoms with Crippen LogP contribution in [0.15, 0.2) is 12.1 Å². The highest BCUT2D eigenvalue weighted by Crippen LogP contribution is 2.40. The van der Waals surface area contributed by atoms with E-state index in [2.05, 4.69) is 39.8 Å². The molecule has 1 heteroatoms. The van der Waals surface area contributed by atoms with E-state index in [1.54, 1.807) is 0 Å². The normalized spacial score (nSPS) is 26.2. The second-order valence-electron chi connectivity index (χ2n) is 4.27. The molecule has 0 spiro atoms. The first-order valence-corrected chi connectivity index (χ1v) is 4.75. The molecule has 2 rings (SSSR count). The molecular weight excluding hydrogens is 160 g/mol. The average molecular weight is 176 g/mol. The van der Waals surface area contributed by atoms with Gasteiger partial charge in [0.2, 0.25) is 0 Å². The van der Waals surface area contributed by atoms with Gasteiger partial charge in [0.15, 0.2) is 0 Å². The van der Waals surface area contributed by atoms with Crippen molar-refractivity contribution in [2.75, 3.05) is 6.61 Å². The predicted molar refractivity (Wildman–Crippen MR) is 54.0 cm³/mol. The van der Waals surface area contributed by atoms with Crippen LogP contribution < -0.4 is 0 Å². The fourth-order valence-corrected chi connectivity index (χ4v) is 1.79. The summed E-state index contributed by atoms with van der Waals surface area (Å²) in [7, 11) is 0. The maximum Gasteiger partial charge on any atom is 0.114 e. The summed E-state index contributed by atoms with van der Waals surface area (Å²) in [6.45, 7) is 9.50. The molecule has 1 unspecified atom stereocenters. The molecule has 70 valence electrons. The molecule has 1 saturated heterocycles. The Morgan fingerprint density at radius 3 is 2.15 bits per heavy atom. The summed E-state index contributed by atoms with van der Waals surface area (Å²) in [4.78, 5) is 0. The van der Waals surface area contributed by atoms with Gasteiger partial charge >= 0.3 is 0 Å². The van der Waals surface area contributed by atoms with Crippen LogP contribution in [0.3, 0.4) is 0 Å². The van der Waals surface area contributed by atoms with Crippen molar-refractivity contribution in [3.05, 3.63) is 34.4 Å². The number of ether oxygens (including phenoxy) is 1. The fourth-order valence-electron chi connectivity index (χ4n) is 1.79. The minimum atomic E-state index is 0.0164. The Balaban J connectivity index is 2.52. The van der Waals surface area contributed by atoms with Crippen molar-refractivity contribution in [1.29, 1.82) is 0 Å². The molecule has 13 heavy (non-hydrogen) atoms. The Morgan fingerprint density at radius 2 is 1.62 bits per heavy atom. The second-order valence-corrected chi connectivity index (χ2v) is 4.27. The summed E-state index contributed by atoms with van der Waals surface area (Å²) >= 11 is 0. The molecule has 1 atom stereocenters. The van der Waals surface area contributed by atoms with Crippen molar-refractivity contribution in [3.63, 3.8) is 0 Å². The van der Waals surface area contributed by atoms with E-state index in [0.29, 0.717) is 0 Å². The highest BCUT2D eigenvalue weighted by molar-refractivity contribution is 5.41. The monoisotopic (exact) mass is 176 g/mol. The molecule has 1 aromatic carbocycles. The van der Waals surface area contributed by atoms with Crippen LogP contribution >= 0.6 is 0 Å². The summed E-state index contributed by atoms with van der Waals surface area (Å²) in [5.74, 6) is 0. The summed E-state index contributed by atoms with van der Waals surface area (Å²) in [5.41, 5.74) is 5.45. The van der Waals surface area contributed by atoms with Crippen LogP contribution in [0.1, 0.15) is 29.2 Å². The molecule has 1 fully saturated rings. The Labute approximate surface area is 79.7 Å². The van der Waals surface area contributed by atoms with Crippen LogP contribution in [0.5, 0.6) is 0 Å². The topological polar surface area (TPSA) is 12.5 Å². The molecule has 0 aromatic heterocycles. The van der Waals surface area contributed by atoms with E-state index in [1.807, 2.05) is 0 Å². The highest BCUT2D eigenvalue weighted by Gasteiger charge is 2.42. The first-order chi connectivity index (χ1) is 6.03. The Kier molecular flexibility index (Phi) is 1.74. The van der Waals surface area contributed by atoms with Gasteiger partial charge in [-0.25, -0.2) is 0 Å². The minimum absolute atomic E-state index is 0.0164. The van der Waals surface area contributed by atoms with Crippen LogP contribution in [-0.2, 0) is 10.3 Å². The third-order valence-electron chi connectivity index (χ3n) is 2.99. The predicted octanol–water partition coefficient (Wildman–Crippen LogP) is 2.86. The number of aryl methyl sites for hydroxylation is 3. The molecule has 1 heterocycles. The number of rotatable bonds is 1. The van der Waals surface area contributed by atoms with Gasteiger partial charge in [-0.3, -0.25) is 0 Å². The average Bonchev–Trinajstić information content (AvgIpc) is 2.77. The van der Waals surface area contributed by atoms with Gasteiger partial charge in [-0.05, 0) is 49.9 Å². The van der Waals surface area contributed by atoms with Crippen molar-refractivity contribution in [2.45, 2.75) is 33.3 Å². The van der Waals surface area contributed by atoms with Gasteiger partial charge in [-0.2, -0.15) is 0 Å². The number of hydrogen-bond acceptors (Lipinski definition) is 1. The Hall–Kier alpha value is -0.820. The lowest BCUT2D eigenvalue weighted by Gasteiger charge is -2.12. The molecule has 0 radical (unpaired) electrons. The highest BCUT2D eigenvalue weighted by atomic mass is 16.6. The molecule has 0 bridgehead atoms. The molecule has 0 N–H and O–H groups in total. The molecule has 0 amide bonds. The molecule has 1 aromatic rings. The zero-order valence-electron chi connectivity index (χ0n) is 8.77. The van der Waals surface area contributed by atoms with Gasteiger partial charge in [-0.1, -0.05) is 12.1 Å². The third-order valence-corrected chi connectivity index (χ3v) is 2.99. The van der Waals surface area contributed by atoms with Crippen molar-refractivity contribution in [1.82, 2.24) is 0 Å². The summed E-state index contributed by atoms with van der Waals surface area (Å²) in [5, 5.41) is 0. The molecule has 1 nitrogen and oxygen atoms in total. The first-order valence-electron chi connectivity index (χ1n) is 4.75. The molecule has 1 aliphatic rings. The largest absolute Gasteiger partial charge is 0.365 e. The van der Waals surface area contributed by atoms with E-state index in [-0.39, 0.29) is 5.60 Å². The Morgan fingerprint density at radius 1 is 1.08 bits per heavy atom. The second kappa shape index (κ2) is 2.58.